The Morgan fingerprint density at radius 2 is 0.667 bits per heavy atom. The third-order valence-corrected chi connectivity index (χ3v) is 15.7. The van der Waals surface area contributed by atoms with Crippen LogP contribution in [0.5, 0.6) is 0 Å². The van der Waals surface area contributed by atoms with Crippen LogP contribution in [0.2, 0.25) is 0 Å². The van der Waals surface area contributed by atoms with Crippen molar-refractivity contribution in [1.82, 2.24) is 5.32 Å². The molecule has 0 aromatic heterocycles. The SMILES string of the molecule is CCCCCC/C=C\CCCCCCCC(=O)OCCCCCCCCCCC/C=C\C/C=C\CCCCCCCCCCCCCCCCCC(=O)NC(CO)C(O)CCCCCCCCCCCCCCCC. The maximum Gasteiger partial charge on any atom is 0.305 e. The number of carbonyl (C=O) groups excluding carboxylic acids is 2. The molecule has 2 atom stereocenters. The topological polar surface area (TPSA) is 95.9 Å². The van der Waals surface area contributed by atoms with Crippen molar-refractivity contribution in [2.45, 2.75) is 379 Å². The normalized spacial score (nSPS) is 12.7. The average molecular weight is 1050 g/mol. The highest BCUT2D eigenvalue weighted by Crippen LogP contribution is 2.18. The van der Waals surface area contributed by atoms with Crippen LogP contribution in [-0.2, 0) is 14.3 Å². The van der Waals surface area contributed by atoms with Gasteiger partial charge in [-0.25, -0.2) is 0 Å². The number of amides is 1. The van der Waals surface area contributed by atoms with Crippen molar-refractivity contribution in [2.75, 3.05) is 13.2 Å². The second-order valence-electron chi connectivity index (χ2n) is 23.1. The molecule has 0 aliphatic rings. The maximum absolute atomic E-state index is 12.5. The molecule has 0 saturated carbocycles. The number of rotatable bonds is 63. The maximum atomic E-state index is 12.5. The van der Waals surface area contributed by atoms with Gasteiger partial charge < -0.3 is 20.3 Å². The van der Waals surface area contributed by atoms with Crippen LogP contribution in [-0.4, -0.2) is 47.4 Å². The highest BCUT2D eigenvalue weighted by molar-refractivity contribution is 5.76. The number of nitrogens with one attached hydrogen (secondary N) is 1. The standard InChI is InChI=1S/C69H131NO5/c1-3-5-7-9-11-13-15-17-38-41-45-49-53-57-61-67(72)66(65-71)70-68(73)62-58-54-50-46-42-39-35-33-31-29-27-25-23-21-19-18-20-22-24-26-28-30-32-34-36-40-44-48-52-56-60-64-75-69(74)63-59-55-51-47-43-37-16-14-12-10-8-6-4-2/h14,16,20,22,26,28,66-67,71-72H,3-13,15,17-19,21,23-25,27,29-65H2,1-2H3,(H,70,73)/b16-14-,22-20-,28-26-. The monoisotopic (exact) mass is 1050 g/mol. The third-order valence-electron chi connectivity index (χ3n) is 15.7. The molecular formula is C69H131NO5. The Bertz CT molecular complexity index is 1210. The summed E-state index contributed by atoms with van der Waals surface area (Å²) in [4.78, 5) is 24.5. The van der Waals surface area contributed by atoms with E-state index in [1.165, 1.54) is 283 Å². The predicted molar refractivity (Wildman–Crippen MR) is 329 cm³/mol. The van der Waals surface area contributed by atoms with Crippen LogP contribution < -0.4 is 5.32 Å². The van der Waals surface area contributed by atoms with E-state index in [9.17, 15) is 19.8 Å². The number of hydrogen-bond donors (Lipinski definition) is 3. The number of hydrogen-bond acceptors (Lipinski definition) is 5. The molecule has 0 spiro atoms. The summed E-state index contributed by atoms with van der Waals surface area (Å²) >= 11 is 0. The van der Waals surface area contributed by atoms with Crippen LogP contribution in [0.4, 0.5) is 0 Å². The van der Waals surface area contributed by atoms with Gasteiger partial charge >= 0.3 is 5.97 Å². The first-order valence-corrected chi connectivity index (χ1v) is 33.7. The van der Waals surface area contributed by atoms with Gasteiger partial charge in [0.1, 0.15) is 0 Å². The third kappa shape index (κ3) is 61.2. The molecule has 2 unspecified atom stereocenters. The summed E-state index contributed by atoms with van der Waals surface area (Å²) in [5, 5.41) is 23.3. The molecule has 6 heteroatoms. The lowest BCUT2D eigenvalue weighted by atomic mass is 10.0. The second kappa shape index (κ2) is 64.6. The number of ether oxygens (including phenoxy) is 1. The van der Waals surface area contributed by atoms with E-state index in [0.29, 0.717) is 25.9 Å². The summed E-state index contributed by atoms with van der Waals surface area (Å²) in [5.41, 5.74) is 0. The lowest BCUT2D eigenvalue weighted by Crippen LogP contribution is -2.45. The Morgan fingerprint density at radius 3 is 1.04 bits per heavy atom. The molecule has 0 heterocycles. The van der Waals surface area contributed by atoms with Gasteiger partial charge in [-0.3, -0.25) is 9.59 Å². The number of aliphatic hydroxyl groups excluding tert-OH is 2. The lowest BCUT2D eigenvalue weighted by molar-refractivity contribution is -0.143. The molecule has 0 rings (SSSR count). The van der Waals surface area contributed by atoms with Gasteiger partial charge in [-0.05, 0) is 83.5 Å². The van der Waals surface area contributed by atoms with Crippen molar-refractivity contribution in [1.29, 1.82) is 0 Å². The number of allylic oxidation sites excluding steroid dienone is 6. The molecule has 0 aromatic rings. The summed E-state index contributed by atoms with van der Waals surface area (Å²) in [6.45, 7) is 4.95. The van der Waals surface area contributed by atoms with Crippen LogP contribution in [0.15, 0.2) is 36.5 Å². The van der Waals surface area contributed by atoms with Crippen LogP contribution in [0, 0.1) is 0 Å². The molecule has 6 nitrogen and oxygen atoms in total. The zero-order valence-electron chi connectivity index (χ0n) is 50.5. The molecule has 0 aliphatic heterocycles. The van der Waals surface area contributed by atoms with E-state index < -0.39 is 12.1 Å². The highest BCUT2D eigenvalue weighted by atomic mass is 16.5. The summed E-state index contributed by atoms with van der Waals surface area (Å²) in [7, 11) is 0. The Balaban J connectivity index is 3.39. The van der Waals surface area contributed by atoms with Crippen molar-refractivity contribution >= 4 is 11.9 Å². The van der Waals surface area contributed by atoms with Gasteiger partial charge in [-0.1, -0.05) is 307 Å². The molecule has 0 aromatic carbocycles. The van der Waals surface area contributed by atoms with Gasteiger partial charge in [0, 0.05) is 12.8 Å². The van der Waals surface area contributed by atoms with E-state index in [4.69, 9.17) is 4.74 Å². The summed E-state index contributed by atoms with van der Waals surface area (Å²) in [6.07, 6.45) is 81.8. The van der Waals surface area contributed by atoms with Crippen molar-refractivity contribution in [2.24, 2.45) is 0 Å². The minimum absolute atomic E-state index is 0.00404. The van der Waals surface area contributed by atoms with Crippen LogP contribution >= 0.6 is 0 Å². The van der Waals surface area contributed by atoms with E-state index in [1.54, 1.807) is 0 Å². The van der Waals surface area contributed by atoms with Gasteiger partial charge in [-0.2, -0.15) is 0 Å². The van der Waals surface area contributed by atoms with Crippen molar-refractivity contribution in [3.8, 4) is 0 Å². The molecule has 3 N–H and O–H groups in total. The van der Waals surface area contributed by atoms with E-state index >= 15 is 0 Å². The minimum Gasteiger partial charge on any atom is -0.466 e. The first-order chi connectivity index (χ1) is 37.0. The van der Waals surface area contributed by atoms with Gasteiger partial charge in [0.25, 0.3) is 0 Å². The fourth-order valence-corrected chi connectivity index (χ4v) is 10.5. The van der Waals surface area contributed by atoms with Crippen molar-refractivity contribution < 1.29 is 24.5 Å². The van der Waals surface area contributed by atoms with Gasteiger partial charge in [0.15, 0.2) is 0 Å². The van der Waals surface area contributed by atoms with Gasteiger partial charge in [0.05, 0.1) is 25.4 Å². The Hall–Kier alpha value is -1.92. The van der Waals surface area contributed by atoms with Crippen LogP contribution in [0.3, 0.4) is 0 Å². The number of unbranched alkanes of at least 4 members (excludes halogenated alkanes) is 46. The molecule has 442 valence electrons. The lowest BCUT2D eigenvalue weighted by Gasteiger charge is -2.22. The molecule has 1 amide bonds. The summed E-state index contributed by atoms with van der Waals surface area (Å²) < 4.78 is 5.47. The quantitative estimate of drug-likeness (QED) is 0.0320. The van der Waals surface area contributed by atoms with E-state index in [2.05, 4.69) is 55.6 Å². The molecular weight excluding hydrogens is 923 g/mol. The summed E-state index contributed by atoms with van der Waals surface area (Å²) in [6, 6.07) is -0.541. The van der Waals surface area contributed by atoms with Crippen LogP contribution in [0.1, 0.15) is 367 Å². The first-order valence-electron chi connectivity index (χ1n) is 33.7. The molecule has 0 radical (unpaired) electrons. The Morgan fingerprint density at radius 1 is 0.373 bits per heavy atom. The predicted octanol–water partition coefficient (Wildman–Crippen LogP) is 21.5. The minimum atomic E-state index is -0.663. The fraction of sp³-hybridized carbons (Fsp3) is 0.884. The number of aliphatic hydroxyl groups is 2. The average Bonchev–Trinajstić information content (AvgIpc) is 3.41. The number of esters is 1. The molecule has 0 bridgehead atoms. The van der Waals surface area contributed by atoms with E-state index in [-0.39, 0.29) is 18.5 Å². The molecule has 0 fully saturated rings. The zero-order valence-corrected chi connectivity index (χ0v) is 50.5. The zero-order chi connectivity index (χ0) is 54.3. The Labute approximate surface area is 468 Å². The second-order valence-corrected chi connectivity index (χ2v) is 23.1. The van der Waals surface area contributed by atoms with Crippen LogP contribution in [0.25, 0.3) is 0 Å². The fourth-order valence-electron chi connectivity index (χ4n) is 10.5. The molecule has 75 heavy (non-hydrogen) atoms. The molecule has 0 aliphatic carbocycles. The molecule has 0 saturated heterocycles. The summed E-state index contributed by atoms with van der Waals surface area (Å²) in [5.74, 6) is -0.0286. The highest BCUT2D eigenvalue weighted by Gasteiger charge is 2.20. The smallest absolute Gasteiger partial charge is 0.305 e. The Kier molecular flexibility index (Phi) is 63.0. The largest absolute Gasteiger partial charge is 0.466 e. The van der Waals surface area contributed by atoms with Crippen molar-refractivity contribution in [3.63, 3.8) is 0 Å². The number of carbonyl (C=O) groups is 2. The first kappa shape index (κ1) is 73.1. The van der Waals surface area contributed by atoms with E-state index in [1.807, 2.05) is 0 Å². The van der Waals surface area contributed by atoms with Gasteiger partial charge in [0.2, 0.25) is 5.91 Å². The van der Waals surface area contributed by atoms with Crippen molar-refractivity contribution in [3.05, 3.63) is 36.5 Å². The van der Waals surface area contributed by atoms with E-state index in [0.717, 1.165) is 51.4 Å². The van der Waals surface area contributed by atoms with Gasteiger partial charge in [-0.15, -0.1) is 0 Å².